The van der Waals surface area contributed by atoms with Gasteiger partial charge < -0.3 is 14.6 Å². The zero-order valence-electron chi connectivity index (χ0n) is 9.47. The highest BCUT2D eigenvalue weighted by Gasteiger charge is 2.21. The lowest BCUT2D eigenvalue weighted by molar-refractivity contribution is 0.0734. The van der Waals surface area contributed by atoms with E-state index >= 15 is 0 Å². The highest BCUT2D eigenvalue weighted by molar-refractivity contribution is 5.50. The average Bonchev–Trinajstić information content (AvgIpc) is 2.89. The van der Waals surface area contributed by atoms with Gasteiger partial charge in [-0.2, -0.15) is 4.98 Å². The summed E-state index contributed by atoms with van der Waals surface area (Å²) < 4.78 is 23.4. The van der Waals surface area contributed by atoms with Crippen LogP contribution < -0.4 is 5.32 Å². The predicted octanol–water partition coefficient (Wildman–Crippen LogP) is 0.932. The Bertz CT molecular complexity index is 539. The summed E-state index contributed by atoms with van der Waals surface area (Å²) in [6.45, 7) is 1.92. The van der Waals surface area contributed by atoms with E-state index in [-0.39, 0.29) is 11.9 Å². The molecular formula is C11H11FN4O2. The molecule has 1 N–H and O–H groups in total. The lowest BCUT2D eigenvalue weighted by atomic mass is 10.2. The molecule has 1 unspecified atom stereocenters. The quantitative estimate of drug-likeness (QED) is 0.854. The minimum absolute atomic E-state index is 0.0854. The molecule has 18 heavy (non-hydrogen) atoms. The van der Waals surface area contributed by atoms with Crippen LogP contribution in [0.2, 0.25) is 0 Å². The highest BCUT2D eigenvalue weighted by Crippen LogP contribution is 2.20. The maximum absolute atomic E-state index is 13.0. The largest absolute Gasteiger partial charge is 0.378 e. The Labute approximate surface area is 102 Å². The molecule has 94 valence electrons. The van der Waals surface area contributed by atoms with Crippen molar-refractivity contribution in [3.05, 3.63) is 30.1 Å². The monoisotopic (exact) mass is 250 g/mol. The van der Waals surface area contributed by atoms with E-state index in [1.165, 1.54) is 12.3 Å². The van der Waals surface area contributed by atoms with Gasteiger partial charge in [0.25, 0.3) is 5.89 Å². The Morgan fingerprint density at radius 3 is 3.11 bits per heavy atom. The first-order chi connectivity index (χ1) is 8.83. The van der Waals surface area contributed by atoms with Crippen molar-refractivity contribution in [1.82, 2.24) is 20.4 Å². The second-order valence-corrected chi connectivity index (χ2v) is 3.93. The van der Waals surface area contributed by atoms with E-state index in [0.29, 0.717) is 24.6 Å². The van der Waals surface area contributed by atoms with Gasteiger partial charge in [0.2, 0.25) is 0 Å². The van der Waals surface area contributed by atoms with Crippen molar-refractivity contribution in [1.29, 1.82) is 0 Å². The fraction of sp³-hybridized carbons (Fsp3) is 0.364. The van der Waals surface area contributed by atoms with Gasteiger partial charge in [-0.25, -0.2) is 4.39 Å². The lowest BCUT2D eigenvalue weighted by Crippen LogP contribution is -2.35. The molecule has 7 heteroatoms. The average molecular weight is 250 g/mol. The summed E-state index contributed by atoms with van der Waals surface area (Å²) in [7, 11) is 0. The van der Waals surface area contributed by atoms with E-state index in [0.717, 1.165) is 12.7 Å². The molecule has 2 aromatic heterocycles. The molecule has 0 saturated carbocycles. The van der Waals surface area contributed by atoms with Crippen LogP contribution in [0.25, 0.3) is 11.5 Å². The molecule has 1 aliphatic heterocycles. The minimum atomic E-state index is -0.439. The summed E-state index contributed by atoms with van der Waals surface area (Å²) in [5.74, 6) is 0.324. The third kappa shape index (κ3) is 2.22. The second-order valence-electron chi connectivity index (χ2n) is 3.93. The number of nitrogens with one attached hydrogen (secondary N) is 1. The van der Waals surface area contributed by atoms with Crippen molar-refractivity contribution in [3.63, 3.8) is 0 Å². The van der Waals surface area contributed by atoms with Crippen LogP contribution in [-0.4, -0.2) is 34.9 Å². The number of nitrogens with zero attached hydrogens (tertiary/aromatic N) is 3. The number of aromatic nitrogens is 3. The molecule has 0 spiro atoms. The molecule has 3 rings (SSSR count). The van der Waals surface area contributed by atoms with E-state index in [9.17, 15) is 4.39 Å². The summed E-state index contributed by atoms with van der Waals surface area (Å²) in [5.41, 5.74) is 0.463. The van der Waals surface area contributed by atoms with Gasteiger partial charge in [-0.1, -0.05) is 5.16 Å². The smallest absolute Gasteiger partial charge is 0.259 e. The maximum Gasteiger partial charge on any atom is 0.259 e. The number of ether oxygens (including phenoxy) is 1. The van der Waals surface area contributed by atoms with Crippen molar-refractivity contribution in [2.75, 3.05) is 19.8 Å². The second kappa shape index (κ2) is 4.79. The molecule has 1 fully saturated rings. The van der Waals surface area contributed by atoms with Crippen LogP contribution >= 0.6 is 0 Å². The first-order valence-corrected chi connectivity index (χ1v) is 5.58. The molecular weight excluding hydrogens is 239 g/mol. The van der Waals surface area contributed by atoms with E-state index in [1.54, 1.807) is 0 Å². The molecule has 0 amide bonds. The summed E-state index contributed by atoms with van der Waals surface area (Å²) in [4.78, 5) is 7.96. The SMILES string of the molecule is Fc1cncc(-c2nc(C3COCCN3)no2)c1. The van der Waals surface area contributed by atoms with Crippen LogP contribution in [0.5, 0.6) is 0 Å². The first-order valence-electron chi connectivity index (χ1n) is 5.58. The zero-order chi connectivity index (χ0) is 12.4. The van der Waals surface area contributed by atoms with Gasteiger partial charge in [-0.15, -0.1) is 0 Å². The Morgan fingerprint density at radius 1 is 1.39 bits per heavy atom. The number of hydrogen-bond acceptors (Lipinski definition) is 6. The number of rotatable bonds is 2. The van der Waals surface area contributed by atoms with Crippen molar-refractivity contribution in [2.24, 2.45) is 0 Å². The van der Waals surface area contributed by atoms with Crippen LogP contribution in [-0.2, 0) is 4.74 Å². The molecule has 3 heterocycles. The lowest BCUT2D eigenvalue weighted by Gasteiger charge is -2.20. The van der Waals surface area contributed by atoms with Crippen LogP contribution in [0.3, 0.4) is 0 Å². The molecule has 0 radical (unpaired) electrons. The summed E-state index contributed by atoms with van der Waals surface area (Å²) >= 11 is 0. The topological polar surface area (TPSA) is 73.1 Å². The van der Waals surface area contributed by atoms with Gasteiger partial charge in [-0.3, -0.25) is 4.98 Å². The van der Waals surface area contributed by atoms with Crippen LogP contribution in [0.4, 0.5) is 4.39 Å². The Balaban J connectivity index is 1.84. The van der Waals surface area contributed by atoms with Crippen LogP contribution in [0.15, 0.2) is 23.0 Å². The fourth-order valence-electron chi connectivity index (χ4n) is 1.75. The molecule has 1 atom stereocenters. The zero-order valence-corrected chi connectivity index (χ0v) is 9.47. The van der Waals surface area contributed by atoms with E-state index < -0.39 is 5.82 Å². The Hall–Kier alpha value is -1.86. The molecule has 0 aromatic carbocycles. The summed E-state index contributed by atoms with van der Waals surface area (Å²) in [6.07, 6.45) is 2.60. The number of morpholine rings is 1. The highest BCUT2D eigenvalue weighted by atomic mass is 19.1. The van der Waals surface area contributed by atoms with Gasteiger partial charge in [0.15, 0.2) is 5.82 Å². The number of pyridine rings is 1. The maximum atomic E-state index is 13.0. The third-order valence-corrected chi connectivity index (χ3v) is 2.63. The van der Waals surface area contributed by atoms with Gasteiger partial charge in [0.05, 0.1) is 31.0 Å². The summed E-state index contributed by atoms with van der Waals surface area (Å²) in [6, 6.07) is 1.22. The number of halogens is 1. The first kappa shape index (κ1) is 11.2. The minimum Gasteiger partial charge on any atom is -0.378 e. The van der Waals surface area contributed by atoms with E-state index in [4.69, 9.17) is 9.26 Å². The molecule has 1 saturated heterocycles. The van der Waals surface area contributed by atoms with Gasteiger partial charge >= 0.3 is 0 Å². The summed E-state index contributed by atoms with van der Waals surface area (Å²) in [5, 5.41) is 7.08. The van der Waals surface area contributed by atoms with Crippen molar-refractivity contribution < 1.29 is 13.7 Å². The molecule has 2 aromatic rings. The standard InChI is InChI=1S/C11H11FN4O2/c12-8-3-7(4-13-5-8)11-15-10(16-18-11)9-6-17-2-1-14-9/h3-5,9,14H,1-2,6H2. The van der Waals surface area contributed by atoms with E-state index in [2.05, 4.69) is 20.4 Å². The molecule has 6 nitrogen and oxygen atoms in total. The predicted molar refractivity (Wildman–Crippen MR) is 59.0 cm³/mol. The van der Waals surface area contributed by atoms with Crippen molar-refractivity contribution in [2.45, 2.75) is 6.04 Å². The van der Waals surface area contributed by atoms with E-state index in [1.807, 2.05) is 0 Å². The number of hydrogen-bond donors (Lipinski definition) is 1. The van der Waals surface area contributed by atoms with Crippen LogP contribution in [0, 0.1) is 5.82 Å². The molecule has 0 bridgehead atoms. The van der Waals surface area contributed by atoms with Gasteiger partial charge in [-0.05, 0) is 6.07 Å². The molecule has 0 aliphatic carbocycles. The van der Waals surface area contributed by atoms with Crippen LogP contribution in [0.1, 0.15) is 11.9 Å². The normalized spacial score (nSPS) is 19.9. The fourth-order valence-corrected chi connectivity index (χ4v) is 1.75. The van der Waals surface area contributed by atoms with Crippen molar-refractivity contribution >= 4 is 0 Å². The Kier molecular flexibility index (Phi) is 2.99. The van der Waals surface area contributed by atoms with Crippen molar-refractivity contribution in [3.8, 4) is 11.5 Å². The van der Waals surface area contributed by atoms with Gasteiger partial charge in [0, 0.05) is 12.7 Å². The molecule has 1 aliphatic rings. The van der Waals surface area contributed by atoms with Gasteiger partial charge in [0.1, 0.15) is 5.82 Å². The Morgan fingerprint density at radius 2 is 2.33 bits per heavy atom. The third-order valence-electron chi connectivity index (χ3n) is 2.63.